The minimum Gasteiger partial charge on any atom is -0.472 e. The number of pyridine rings is 2. The van der Waals surface area contributed by atoms with Crippen LogP contribution >= 0.6 is 0 Å². The van der Waals surface area contributed by atoms with E-state index >= 15 is 8.78 Å². The zero-order valence-electron chi connectivity index (χ0n) is 37.7. The fourth-order valence-electron chi connectivity index (χ4n) is 11.1. The monoisotopic (exact) mass is 839 g/mol. The van der Waals surface area contributed by atoms with Crippen LogP contribution in [0.3, 0.4) is 0 Å². The number of halogens is 2. The number of nitrogens with one attached hydrogen (secondary N) is 2. The first-order valence-corrected chi connectivity index (χ1v) is 23.9. The third-order valence-corrected chi connectivity index (χ3v) is 20.0. The first-order valence-electron chi connectivity index (χ1n) is 21.7. The molecule has 322 valence electrons. The largest absolute Gasteiger partial charge is 0.472 e. The van der Waals surface area contributed by atoms with Crippen LogP contribution in [-0.4, -0.2) is 75.2 Å². The van der Waals surface area contributed by atoms with Crippen molar-refractivity contribution in [3.8, 4) is 34.4 Å². The highest BCUT2D eigenvalue weighted by Gasteiger charge is 2.54. The molecule has 9 nitrogen and oxygen atoms in total. The maximum absolute atomic E-state index is 18.3. The Bertz CT molecular complexity index is 2360. The third-order valence-electron chi connectivity index (χ3n) is 13.7. The fourth-order valence-corrected chi connectivity index (χ4v) is 16.3. The van der Waals surface area contributed by atoms with Gasteiger partial charge in [0.1, 0.15) is 37.3 Å². The van der Waals surface area contributed by atoms with Crippen molar-refractivity contribution in [2.24, 2.45) is 5.41 Å². The lowest BCUT2D eigenvalue weighted by Gasteiger charge is -2.53. The smallest absolute Gasteiger partial charge is 0.226 e. The van der Waals surface area contributed by atoms with Gasteiger partial charge in [0.05, 0.1) is 23.0 Å². The summed E-state index contributed by atoms with van der Waals surface area (Å²) in [5, 5.41) is 8.55. The van der Waals surface area contributed by atoms with E-state index in [1.54, 1.807) is 19.2 Å². The van der Waals surface area contributed by atoms with Gasteiger partial charge in [-0.2, -0.15) is 0 Å². The van der Waals surface area contributed by atoms with Crippen molar-refractivity contribution in [1.82, 2.24) is 20.6 Å². The summed E-state index contributed by atoms with van der Waals surface area (Å²) in [6, 6.07) is 6.82. The normalized spacial score (nSPS) is 21.3. The van der Waals surface area contributed by atoms with Gasteiger partial charge in [0.25, 0.3) is 0 Å². The molecule has 0 aliphatic carbocycles. The lowest BCUT2D eigenvalue weighted by Crippen LogP contribution is -2.70. The first-order chi connectivity index (χ1) is 28.3. The number of piperazine rings is 1. The Hall–Kier alpha value is -4.31. The predicted molar refractivity (Wildman–Crippen MR) is 239 cm³/mol. The standard InChI is InChI=1S/C48H63F2N5O4Si/c1-25(2)60(26(3)4,27(5)6)21-20-32-34(49)15-14-30-22-31(58-24-57-13)23-33(40(30)32)43-42(50)39-28(7)35(18-19-38(56)51-12)53-46-41(39)47(54-43)59-29(8)44-36-16-17-37(52-36)45(55(44)46)48(9,10)11/h14-15,22-23,25-27,29,36-37,44-45,52H,16-19,24H2,1-13H3,(H,51,56)/t29-,36-,37+,44+,45?/m0/s1. The van der Waals surface area contributed by atoms with E-state index < -0.39 is 19.7 Å². The molecule has 2 fully saturated rings. The van der Waals surface area contributed by atoms with E-state index in [0.29, 0.717) is 73.0 Å². The SMILES string of the molecule is CNC(=O)CCc1nc2c3c(nc(-c4cc(OCOC)cc5ccc(F)c(C#C[Si](C(C)C)(C(C)C)C(C)C)c45)c(F)c3c1C)O[C@@H](C)[C@@H]1[C@@H]3CC[C@@H](N3)C(C(C)(C)C)N21. The van der Waals surface area contributed by atoms with E-state index in [4.69, 9.17) is 24.2 Å². The van der Waals surface area contributed by atoms with Crippen LogP contribution in [0.25, 0.3) is 32.8 Å². The number of amides is 1. The summed E-state index contributed by atoms with van der Waals surface area (Å²) in [5.74, 6) is 3.48. The van der Waals surface area contributed by atoms with Gasteiger partial charge in [0.2, 0.25) is 11.8 Å². The molecule has 4 aromatic rings. The molecular weight excluding hydrogens is 777 g/mol. The Balaban J connectivity index is 1.59. The van der Waals surface area contributed by atoms with Crippen molar-refractivity contribution in [3.05, 3.63) is 52.7 Å². The molecule has 60 heavy (non-hydrogen) atoms. The van der Waals surface area contributed by atoms with Gasteiger partial charge in [-0.15, -0.1) is 5.54 Å². The van der Waals surface area contributed by atoms with Crippen molar-refractivity contribution >= 4 is 41.3 Å². The lowest BCUT2D eigenvalue weighted by molar-refractivity contribution is -0.120. The molecule has 2 N–H and O–H groups in total. The molecule has 1 unspecified atom stereocenters. The number of anilines is 1. The Morgan fingerprint density at radius 3 is 2.35 bits per heavy atom. The number of ether oxygens (including phenoxy) is 3. The molecule has 3 aliphatic heterocycles. The first kappa shape index (κ1) is 43.8. The molecular formula is C48H63F2N5O4Si. The number of nitrogens with zero attached hydrogens (tertiary/aromatic N) is 3. The molecule has 2 aromatic heterocycles. The van der Waals surface area contributed by atoms with Crippen molar-refractivity contribution in [3.63, 3.8) is 0 Å². The van der Waals surface area contributed by atoms with Crippen molar-refractivity contribution in [2.75, 3.05) is 25.9 Å². The van der Waals surface area contributed by atoms with Crippen LogP contribution < -0.4 is 25.0 Å². The molecule has 0 radical (unpaired) electrons. The second kappa shape index (κ2) is 16.5. The summed E-state index contributed by atoms with van der Waals surface area (Å²) in [5.41, 5.74) is 6.24. The number of hydrogen-bond acceptors (Lipinski definition) is 8. The number of carbonyl (C=O) groups is 1. The topological polar surface area (TPSA) is 97.8 Å². The number of benzene rings is 2. The quantitative estimate of drug-likeness (QED) is 0.0926. The van der Waals surface area contributed by atoms with E-state index in [1.807, 2.05) is 13.0 Å². The van der Waals surface area contributed by atoms with Crippen LogP contribution in [0.1, 0.15) is 105 Å². The van der Waals surface area contributed by atoms with E-state index in [0.717, 1.165) is 12.8 Å². The Morgan fingerprint density at radius 1 is 1.03 bits per heavy atom. The second-order valence-corrected chi connectivity index (χ2v) is 24.8. The van der Waals surface area contributed by atoms with Crippen molar-refractivity contribution in [2.45, 2.75) is 149 Å². The highest BCUT2D eigenvalue weighted by molar-refractivity contribution is 6.90. The number of hydrogen-bond donors (Lipinski definition) is 2. The number of methoxy groups -OCH3 is 1. The van der Waals surface area contributed by atoms with E-state index in [9.17, 15) is 4.79 Å². The minimum absolute atomic E-state index is 0.00399. The molecule has 1 amide bonds. The van der Waals surface area contributed by atoms with Crippen LogP contribution in [-0.2, 0) is 16.0 Å². The van der Waals surface area contributed by atoms with Gasteiger partial charge in [-0.3, -0.25) is 4.79 Å². The number of carbonyl (C=O) groups excluding carboxylic acids is 1. The molecule has 2 bridgehead atoms. The highest BCUT2D eigenvalue weighted by atomic mass is 28.3. The fraction of sp³-hybridized carbons (Fsp3) is 0.562. The Morgan fingerprint density at radius 2 is 1.72 bits per heavy atom. The minimum atomic E-state index is -2.32. The number of aryl methyl sites for hydroxylation is 2. The van der Waals surface area contributed by atoms with Crippen LogP contribution in [0.15, 0.2) is 24.3 Å². The summed E-state index contributed by atoms with van der Waals surface area (Å²) in [4.78, 5) is 25.6. The van der Waals surface area contributed by atoms with Gasteiger partial charge in [0, 0.05) is 54.7 Å². The van der Waals surface area contributed by atoms with Gasteiger partial charge in [-0.25, -0.2) is 18.7 Å². The molecule has 3 aliphatic rings. The number of rotatable bonds is 10. The van der Waals surface area contributed by atoms with Gasteiger partial charge in [-0.1, -0.05) is 74.3 Å². The summed E-state index contributed by atoms with van der Waals surface area (Å²) in [6.07, 6.45) is 2.11. The second-order valence-electron chi connectivity index (χ2n) is 19.2. The van der Waals surface area contributed by atoms with Gasteiger partial charge < -0.3 is 29.7 Å². The molecule has 0 spiro atoms. The zero-order chi connectivity index (χ0) is 43.6. The van der Waals surface area contributed by atoms with E-state index in [2.05, 4.69) is 96.2 Å². The third kappa shape index (κ3) is 7.32. The maximum atomic E-state index is 18.3. The summed E-state index contributed by atoms with van der Waals surface area (Å²) in [7, 11) is 0.829. The Kier molecular flexibility index (Phi) is 12.0. The van der Waals surface area contributed by atoms with Crippen LogP contribution in [0.2, 0.25) is 16.6 Å². The molecule has 2 saturated heterocycles. The summed E-state index contributed by atoms with van der Waals surface area (Å²) in [6.45, 7) is 23.9. The molecule has 7 rings (SSSR count). The number of fused-ring (bicyclic) bond motifs is 6. The van der Waals surface area contributed by atoms with Gasteiger partial charge in [-0.05, 0) is 84.3 Å². The molecule has 0 saturated carbocycles. The number of aromatic nitrogens is 2. The van der Waals surface area contributed by atoms with Crippen LogP contribution in [0, 0.1) is 35.4 Å². The summed E-state index contributed by atoms with van der Waals surface area (Å²) >= 11 is 0. The summed E-state index contributed by atoms with van der Waals surface area (Å²) < 4.78 is 53.1. The van der Waals surface area contributed by atoms with Gasteiger partial charge >= 0.3 is 0 Å². The van der Waals surface area contributed by atoms with Crippen LogP contribution in [0.5, 0.6) is 11.6 Å². The van der Waals surface area contributed by atoms with Crippen LogP contribution in [0.4, 0.5) is 14.6 Å². The molecule has 12 heteroatoms. The molecule has 2 aromatic carbocycles. The average Bonchev–Trinajstić information content (AvgIpc) is 3.53. The van der Waals surface area contributed by atoms with Gasteiger partial charge in [0.15, 0.2) is 12.6 Å². The zero-order valence-corrected chi connectivity index (χ0v) is 38.7. The van der Waals surface area contributed by atoms with E-state index in [-0.39, 0.29) is 71.9 Å². The molecule has 5 heterocycles. The highest BCUT2D eigenvalue weighted by Crippen LogP contribution is 2.50. The molecule has 5 atom stereocenters. The predicted octanol–water partition coefficient (Wildman–Crippen LogP) is 9.77. The lowest BCUT2D eigenvalue weighted by atomic mass is 9.78. The van der Waals surface area contributed by atoms with Crippen molar-refractivity contribution in [1.29, 1.82) is 0 Å². The Labute approximate surface area is 355 Å². The van der Waals surface area contributed by atoms with E-state index in [1.165, 1.54) is 13.2 Å². The van der Waals surface area contributed by atoms with Crippen molar-refractivity contribution < 1.29 is 27.8 Å². The average molecular weight is 840 g/mol. The maximum Gasteiger partial charge on any atom is 0.226 e.